The topological polar surface area (TPSA) is 100 Å². The number of aliphatic hydroxyl groups is 1. The summed E-state index contributed by atoms with van der Waals surface area (Å²) in [6.45, 7) is 6.81. The summed E-state index contributed by atoms with van der Waals surface area (Å²) in [5, 5.41) is 18.4. The Balaban J connectivity index is 1.18. The molecule has 1 saturated heterocycles. The van der Waals surface area contributed by atoms with Crippen molar-refractivity contribution in [2.24, 2.45) is 0 Å². The zero-order chi connectivity index (χ0) is 28.7. The van der Waals surface area contributed by atoms with Crippen LogP contribution in [0, 0.1) is 5.82 Å². The molecule has 0 amide bonds. The van der Waals surface area contributed by atoms with Crippen LogP contribution < -0.4 is 21.0 Å². The highest BCUT2D eigenvalue weighted by Gasteiger charge is 2.24. The first-order valence-electron chi connectivity index (χ1n) is 13.5. The van der Waals surface area contributed by atoms with Crippen LogP contribution in [0.1, 0.15) is 30.9 Å². The van der Waals surface area contributed by atoms with Crippen LogP contribution in [0.4, 0.5) is 16.2 Å². The molecule has 1 aliphatic rings. The maximum absolute atomic E-state index is 13.4. The van der Waals surface area contributed by atoms with Crippen molar-refractivity contribution in [1.82, 2.24) is 34.3 Å². The third-order valence-corrected chi connectivity index (χ3v) is 7.46. The van der Waals surface area contributed by atoms with Crippen LogP contribution in [0.2, 0.25) is 0 Å². The Morgan fingerprint density at radius 2 is 1.61 bits per heavy atom. The third kappa shape index (κ3) is 5.41. The lowest BCUT2D eigenvalue weighted by Gasteiger charge is -2.36. The van der Waals surface area contributed by atoms with Crippen molar-refractivity contribution in [2.45, 2.75) is 32.4 Å². The molecule has 1 aliphatic heterocycles. The summed E-state index contributed by atoms with van der Waals surface area (Å²) >= 11 is 0. The number of halogens is 1. The molecule has 6 rings (SSSR count). The summed E-state index contributed by atoms with van der Waals surface area (Å²) in [6, 6.07) is 8.32. The second-order valence-electron chi connectivity index (χ2n) is 10.4. The molecule has 0 saturated carbocycles. The summed E-state index contributed by atoms with van der Waals surface area (Å²) < 4.78 is 16.9. The van der Waals surface area contributed by atoms with Gasteiger partial charge in [-0.05, 0) is 47.4 Å². The van der Waals surface area contributed by atoms with Gasteiger partial charge in [-0.15, -0.1) is 0 Å². The van der Waals surface area contributed by atoms with E-state index < -0.39 is 6.10 Å². The molecule has 204 valence electrons. The number of hydrogen-bond donors (Lipinski definition) is 1. The van der Waals surface area contributed by atoms with Gasteiger partial charge in [0.2, 0.25) is 5.95 Å². The molecule has 10 nitrogen and oxygen atoms in total. The van der Waals surface area contributed by atoms with Gasteiger partial charge in [-0.3, -0.25) is 4.68 Å². The van der Waals surface area contributed by atoms with Crippen molar-refractivity contribution >= 4 is 44.2 Å². The Labute approximate surface area is 239 Å². The summed E-state index contributed by atoms with van der Waals surface area (Å²) in [7, 11) is 12.7. The van der Waals surface area contributed by atoms with Crippen molar-refractivity contribution in [3.8, 4) is 11.1 Å². The van der Waals surface area contributed by atoms with Gasteiger partial charge in [-0.25, -0.2) is 23.9 Å². The van der Waals surface area contributed by atoms with Crippen molar-refractivity contribution in [2.75, 3.05) is 36.0 Å². The van der Waals surface area contributed by atoms with Gasteiger partial charge in [0.1, 0.15) is 33.4 Å². The molecule has 5 aromatic rings. The van der Waals surface area contributed by atoms with E-state index >= 15 is 0 Å². The Morgan fingerprint density at radius 1 is 0.927 bits per heavy atom. The SMILES string of the molecule is [B]c1nc(N2CCN(c3ncnn4cc(-c5cnn(CC(C)O)c5)cc34)CC2)nc([B])c1C(C)c1ccc(F)cc1. The van der Waals surface area contributed by atoms with E-state index in [4.69, 9.17) is 15.7 Å². The van der Waals surface area contributed by atoms with Crippen LogP contribution in [-0.2, 0) is 6.54 Å². The van der Waals surface area contributed by atoms with Gasteiger partial charge < -0.3 is 14.9 Å². The largest absolute Gasteiger partial charge is 0.391 e. The first-order valence-corrected chi connectivity index (χ1v) is 13.5. The second-order valence-corrected chi connectivity index (χ2v) is 10.4. The molecule has 41 heavy (non-hydrogen) atoms. The molecule has 13 heteroatoms. The minimum Gasteiger partial charge on any atom is -0.391 e. The molecule has 0 bridgehead atoms. The predicted octanol–water partition coefficient (Wildman–Crippen LogP) is 0.969. The van der Waals surface area contributed by atoms with Crippen LogP contribution in [-0.4, -0.2) is 87.4 Å². The van der Waals surface area contributed by atoms with Crippen molar-refractivity contribution in [1.29, 1.82) is 0 Å². The summed E-state index contributed by atoms with van der Waals surface area (Å²) in [5.74, 6) is 0.849. The Morgan fingerprint density at radius 3 is 2.29 bits per heavy atom. The molecule has 4 aromatic heterocycles. The van der Waals surface area contributed by atoms with Crippen LogP contribution in [0.25, 0.3) is 16.6 Å². The minimum absolute atomic E-state index is 0.179. The highest BCUT2D eigenvalue weighted by molar-refractivity contribution is 6.38. The lowest BCUT2D eigenvalue weighted by Crippen LogP contribution is -2.48. The Hall–Kier alpha value is -4.25. The molecule has 1 aromatic carbocycles. The first-order chi connectivity index (χ1) is 19.8. The fraction of sp³-hybridized carbons (Fsp3) is 0.321. The first kappa shape index (κ1) is 26.9. The number of nitrogens with zero attached hydrogens (tertiary/aromatic N) is 9. The number of fused-ring (bicyclic) bond motifs is 1. The van der Waals surface area contributed by atoms with E-state index in [0.717, 1.165) is 28.0 Å². The normalized spacial score (nSPS) is 15.4. The van der Waals surface area contributed by atoms with Crippen LogP contribution >= 0.6 is 0 Å². The maximum Gasteiger partial charge on any atom is 0.224 e. The molecule has 2 atom stereocenters. The quantitative estimate of drug-likeness (QED) is 0.301. The highest BCUT2D eigenvalue weighted by Crippen LogP contribution is 2.28. The minimum atomic E-state index is -0.479. The highest BCUT2D eigenvalue weighted by atomic mass is 19.1. The number of aliphatic hydroxyl groups excluding tert-OH is 1. The zero-order valence-electron chi connectivity index (χ0n) is 22.9. The standard InChI is InChI=1S/C28H28B2FN9O/c1-17(41)13-39-14-21(12-33-39)20-11-23-27(32-16-34-40(23)15-20)37-7-9-38(10-8-37)28-35-25(29)24(26(30)36-28)18(2)19-3-5-22(31)6-4-19/h3-6,11-12,14-18,41H,7-10,13H2,1-2H3. The molecule has 4 radical (unpaired) electrons. The van der Waals surface area contributed by atoms with Crippen molar-refractivity contribution in [3.05, 3.63) is 72.2 Å². The molecule has 0 aliphatic carbocycles. The summed E-state index contributed by atoms with van der Waals surface area (Å²) in [6.07, 6.45) is 6.73. The van der Waals surface area contributed by atoms with E-state index in [2.05, 4.69) is 41.0 Å². The molecule has 2 unspecified atom stereocenters. The van der Waals surface area contributed by atoms with Crippen LogP contribution in [0.3, 0.4) is 0 Å². The number of piperazine rings is 1. The van der Waals surface area contributed by atoms with Gasteiger partial charge >= 0.3 is 0 Å². The number of hydrogen-bond acceptors (Lipinski definition) is 8. The average Bonchev–Trinajstić information content (AvgIpc) is 3.60. The van der Waals surface area contributed by atoms with Crippen molar-refractivity contribution in [3.63, 3.8) is 0 Å². The average molecular weight is 547 g/mol. The number of benzene rings is 1. The van der Waals surface area contributed by atoms with Gasteiger partial charge in [-0.2, -0.15) is 10.2 Å². The molecular weight excluding hydrogens is 519 g/mol. The Bertz CT molecular complexity index is 1660. The zero-order valence-corrected chi connectivity index (χ0v) is 22.9. The fourth-order valence-corrected chi connectivity index (χ4v) is 5.32. The van der Waals surface area contributed by atoms with Gasteiger partial charge in [-0.1, -0.05) is 19.1 Å². The molecular formula is C28H28B2FN9O. The van der Waals surface area contributed by atoms with E-state index in [1.165, 1.54) is 12.1 Å². The van der Waals surface area contributed by atoms with Gasteiger partial charge in [0, 0.05) is 55.6 Å². The lowest BCUT2D eigenvalue weighted by atomic mass is 9.80. The van der Waals surface area contributed by atoms with Crippen LogP contribution in [0.15, 0.2) is 55.2 Å². The van der Waals surface area contributed by atoms with E-state index in [1.807, 2.05) is 23.8 Å². The number of anilines is 2. The lowest BCUT2D eigenvalue weighted by molar-refractivity contribution is 0.168. The second kappa shape index (κ2) is 11.0. The van der Waals surface area contributed by atoms with E-state index in [-0.39, 0.29) is 11.7 Å². The van der Waals surface area contributed by atoms with Crippen molar-refractivity contribution < 1.29 is 9.50 Å². The van der Waals surface area contributed by atoms with Crippen LogP contribution in [0.5, 0.6) is 0 Å². The smallest absolute Gasteiger partial charge is 0.224 e. The van der Waals surface area contributed by atoms with E-state index in [9.17, 15) is 9.50 Å². The van der Waals surface area contributed by atoms with Gasteiger partial charge in [0.15, 0.2) is 5.82 Å². The summed E-state index contributed by atoms with van der Waals surface area (Å²) in [4.78, 5) is 18.1. The van der Waals surface area contributed by atoms with Gasteiger partial charge in [0.25, 0.3) is 0 Å². The monoisotopic (exact) mass is 547 g/mol. The summed E-state index contributed by atoms with van der Waals surface area (Å²) in [5.41, 5.74) is 4.97. The molecule has 1 N–H and O–H groups in total. The number of rotatable bonds is 7. The van der Waals surface area contributed by atoms with E-state index in [0.29, 0.717) is 55.4 Å². The molecule has 5 heterocycles. The van der Waals surface area contributed by atoms with E-state index in [1.54, 1.807) is 36.3 Å². The Kier molecular flexibility index (Phi) is 7.21. The molecule has 0 spiro atoms. The maximum atomic E-state index is 13.4. The number of aromatic nitrogens is 7. The predicted molar refractivity (Wildman–Crippen MR) is 157 cm³/mol. The third-order valence-electron chi connectivity index (χ3n) is 7.46. The molecule has 1 fully saturated rings. The van der Waals surface area contributed by atoms with Gasteiger partial charge in [0.05, 0.1) is 18.8 Å². The fourth-order valence-electron chi connectivity index (χ4n) is 5.32.